The van der Waals surface area contributed by atoms with Gasteiger partial charge in [0.15, 0.2) is 0 Å². The highest BCUT2D eigenvalue weighted by atomic mass is 19.3. The molecule has 1 aliphatic rings. The van der Waals surface area contributed by atoms with E-state index in [-0.39, 0.29) is 5.92 Å². The Hall–Kier alpha value is -0.710. The number of piperidine rings is 1. The van der Waals surface area contributed by atoms with Crippen LogP contribution in [0.2, 0.25) is 0 Å². The molecule has 1 saturated heterocycles. The number of carbonyl (C=O) groups is 1. The van der Waals surface area contributed by atoms with Crippen molar-refractivity contribution in [3.8, 4) is 0 Å². The number of amides is 1. The van der Waals surface area contributed by atoms with Crippen LogP contribution in [0.4, 0.5) is 8.78 Å². The summed E-state index contributed by atoms with van der Waals surface area (Å²) >= 11 is 0. The van der Waals surface area contributed by atoms with E-state index in [0.29, 0.717) is 25.6 Å². The van der Waals surface area contributed by atoms with Crippen LogP contribution in [0.1, 0.15) is 13.3 Å². The second-order valence-electron chi connectivity index (χ2n) is 3.85. The molecule has 0 aromatic rings. The SMILES string of the molecule is CC1CCN(C(=O)C(F)F)CC1CN. The van der Waals surface area contributed by atoms with Gasteiger partial charge in [0.05, 0.1) is 0 Å². The van der Waals surface area contributed by atoms with Crippen molar-refractivity contribution in [1.29, 1.82) is 0 Å². The zero-order chi connectivity index (χ0) is 10.7. The van der Waals surface area contributed by atoms with Crippen LogP contribution in [0.5, 0.6) is 0 Å². The van der Waals surface area contributed by atoms with Gasteiger partial charge in [-0.15, -0.1) is 0 Å². The summed E-state index contributed by atoms with van der Waals surface area (Å²) in [4.78, 5) is 12.2. The predicted octanol–water partition coefficient (Wildman–Crippen LogP) is 0.695. The molecule has 0 aromatic carbocycles. The van der Waals surface area contributed by atoms with Gasteiger partial charge in [0.25, 0.3) is 5.91 Å². The smallest absolute Gasteiger partial charge is 0.315 e. The van der Waals surface area contributed by atoms with Crippen molar-refractivity contribution in [2.24, 2.45) is 17.6 Å². The van der Waals surface area contributed by atoms with E-state index in [1.165, 1.54) is 4.90 Å². The van der Waals surface area contributed by atoms with Gasteiger partial charge in [-0.25, -0.2) is 0 Å². The Morgan fingerprint density at radius 2 is 2.29 bits per heavy atom. The van der Waals surface area contributed by atoms with Crippen LogP contribution in [0.15, 0.2) is 0 Å². The zero-order valence-electron chi connectivity index (χ0n) is 8.25. The molecular formula is C9H16F2N2O. The summed E-state index contributed by atoms with van der Waals surface area (Å²) in [6, 6.07) is 0. The first kappa shape index (κ1) is 11.4. The Labute approximate surface area is 82.2 Å². The maximum absolute atomic E-state index is 12.1. The molecule has 5 heteroatoms. The predicted molar refractivity (Wildman–Crippen MR) is 48.9 cm³/mol. The molecule has 1 heterocycles. The lowest BCUT2D eigenvalue weighted by molar-refractivity contribution is -0.145. The highest BCUT2D eigenvalue weighted by molar-refractivity contribution is 5.79. The minimum Gasteiger partial charge on any atom is -0.337 e. The first-order valence-electron chi connectivity index (χ1n) is 4.83. The molecule has 2 atom stereocenters. The Bertz CT molecular complexity index is 211. The van der Waals surface area contributed by atoms with Crippen molar-refractivity contribution >= 4 is 5.91 Å². The van der Waals surface area contributed by atoms with E-state index in [0.717, 1.165) is 6.42 Å². The minimum atomic E-state index is -2.89. The fraction of sp³-hybridized carbons (Fsp3) is 0.889. The molecular weight excluding hydrogens is 190 g/mol. The van der Waals surface area contributed by atoms with Gasteiger partial charge in [-0.3, -0.25) is 4.79 Å². The fourth-order valence-electron chi connectivity index (χ4n) is 1.79. The third-order valence-corrected chi connectivity index (χ3v) is 2.92. The molecule has 0 spiro atoms. The summed E-state index contributed by atoms with van der Waals surface area (Å²) in [6.45, 7) is 3.30. The van der Waals surface area contributed by atoms with Crippen LogP contribution < -0.4 is 5.73 Å². The molecule has 82 valence electrons. The van der Waals surface area contributed by atoms with Crippen molar-refractivity contribution < 1.29 is 13.6 Å². The molecule has 2 unspecified atom stereocenters. The van der Waals surface area contributed by atoms with E-state index in [1.54, 1.807) is 0 Å². The molecule has 0 radical (unpaired) electrons. The number of nitrogens with zero attached hydrogens (tertiary/aromatic N) is 1. The molecule has 3 nitrogen and oxygen atoms in total. The van der Waals surface area contributed by atoms with Crippen LogP contribution >= 0.6 is 0 Å². The van der Waals surface area contributed by atoms with Crippen molar-refractivity contribution in [2.45, 2.75) is 19.8 Å². The molecule has 1 amide bonds. The van der Waals surface area contributed by atoms with E-state index >= 15 is 0 Å². The zero-order valence-corrected chi connectivity index (χ0v) is 8.25. The van der Waals surface area contributed by atoms with Gasteiger partial charge >= 0.3 is 6.43 Å². The van der Waals surface area contributed by atoms with E-state index < -0.39 is 12.3 Å². The molecule has 1 rings (SSSR count). The fourth-order valence-corrected chi connectivity index (χ4v) is 1.79. The van der Waals surface area contributed by atoms with Crippen LogP contribution in [0.25, 0.3) is 0 Å². The number of halogens is 2. The van der Waals surface area contributed by atoms with Gasteiger partial charge in [0, 0.05) is 13.1 Å². The van der Waals surface area contributed by atoms with E-state index in [1.807, 2.05) is 6.92 Å². The Morgan fingerprint density at radius 1 is 1.64 bits per heavy atom. The Balaban J connectivity index is 2.54. The second-order valence-corrected chi connectivity index (χ2v) is 3.85. The summed E-state index contributed by atoms with van der Waals surface area (Å²) in [7, 11) is 0. The highest BCUT2D eigenvalue weighted by Crippen LogP contribution is 2.22. The normalized spacial score (nSPS) is 28.2. The summed E-state index contributed by atoms with van der Waals surface area (Å²) in [5.41, 5.74) is 5.51. The number of likely N-dealkylation sites (tertiary alicyclic amines) is 1. The lowest BCUT2D eigenvalue weighted by Crippen LogP contribution is -2.47. The van der Waals surface area contributed by atoms with Crippen LogP contribution in [-0.4, -0.2) is 36.9 Å². The maximum atomic E-state index is 12.1. The Morgan fingerprint density at radius 3 is 2.79 bits per heavy atom. The molecule has 0 saturated carbocycles. The number of alkyl halides is 2. The molecule has 0 aromatic heterocycles. The number of nitrogens with two attached hydrogens (primary N) is 1. The number of rotatable bonds is 2. The van der Waals surface area contributed by atoms with Gasteiger partial charge in [0.1, 0.15) is 0 Å². The van der Waals surface area contributed by atoms with Crippen molar-refractivity contribution in [2.75, 3.05) is 19.6 Å². The highest BCUT2D eigenvalue weighted by Gasteiger charge is 2.31. The van der Waals surface area contributed by atoms with E-state index in [4.69, 9.17) is 5.73 Å². The van der Waals surface area contributed by atoms with Gasteiger partial charge in [-0.1, -0.05) is 6.92 Å². The average Bonchev–Trinajstić information content (AvgIpc) is 2.17. The number of hydrogen-bond acceptors (Lipinski definition) is 2. The van der Waals surface area contributed by atoms with Crippen molar-refractivity contribution in [3.63, 3.8) is 0 Å². The quantitative estimate of drug-likeness (QED) is 0.722. The Kier molecular flexibility index (Phi) is 3.80. The lowest BCUT2D eigenvalue weighted by atomic mass is 9.87. The molecule has 2 N–H and O–H groups in total. The summed E-state index contributed by atoms with van der Waals surface area (Å²) < 4.78 is 24.2. The first-order chi connectivity index (χ1) is 6.56. The topological polar surface area (TPSA) is 46.3 Å². The first-order valence-corrected chi connectivity index (χ1v) is 4.83. The van der Waals surface area contributed by atoms with E-state index in [9.17, 15) is 13.6 Å². The molecule has 0 aliphatic carbocycles. The third-order valence-electron chi connectivity index (χ3n) is 2.92. The van der Waals surface area contributed by atoms with Gasteiger partial charge < -0.3 is 10.6 Å². The second kappa shape index (κ2) is 4.68. The third kappa shape index (κ3) is 2.41. The standard InChI is InChI=1S/C9H16F2N2O/c1-6-2-3-13(5-7(6)4-12)9(14)8(10)11/h6-8H,2-5,12H2,1H3. The van der Waals surface area contributed by atoms with Crippen molar-refractivity contribution in [1.82, 2.24) is 4.90 Å². The van der Waals surface area contributed by atoms with Gasteiger partial charge in [-0.2, -0.15) is 8.78 Å². The van der Waals surface area contributed by atoms with Crippen molar-refractivity contribution in [3.05, 3.63) is 0 Å². The minimum absolute atomic E-state index is 0.159. The summed E-state index contributed by atoms with van der Waals surface area (Å²) in [5, 5.41) is 0. The summed E-state index contributed by atoms with van der Waals surface area (Å²) in [6.07, 6.45) is -2.12. The van der Waals surface area contributed by atoms with Crippen LogP contribution in [0, 0.1) is 11.8 Å². The lowest BCUT2D eigenvalue weighted by Gasteiger charge is -2.36. The molecule has 1 fully saturated rings. The maximum Gasteiger partial charge on any atom is 0.315 e. The van der Waals surface area contributed by atoms with Crippen LogP contribution in [0.3, 0.4) is 0 Å². The monoisotopic (exact) mass is 206 g/mol. The van der Waals surface area contributed by atoms with Gasteiger partial charge in [0.2, 0.25) is 0 Å². The molecule has 0 bridgehead atoms. The number of hydrogen-bond donors (Lipinski definition) is 1. The van der Waals surface area contributed by atoms with E-state index in [2.05, 4.69) is 0 Å². The number of carbonyl (C=O) groups excluding carboxylic acids is 1. The molecule has 1 aliphatic heterocycles. The largest absolute Gasteiger partial charge is 0.337 e. The average molecular weight is 206 g/mol. The summed E-state index contributed by atoms with van der Waals surface area (Å²) in [5.74, 6) is -0.483. The molecule has 14 heavy (non-hydrogen) atoms. The van der Waals surface area contributed by atoms with Crippen LogP contribution in [-0.2, 0) is 4.79 Å². The van der Waals surface area contributed by atoms with Gasteiger partial charge in [-0.05, 0) is 24.8 Å².